The molecular formula is C16H14N2O5. The molecule has 0 aromatic heterocycles. The molecule has 0 amide bonds. The molecule has 0 unspecified atom stereocenters. The van der Waals surface area contributed by atoms with Gasteiger partial charge in [-0.15, -0.1) is 0 Å². The molecule has 7 nitrogen and oxygen atoms in total. The number of aromatic hydroxyl groups is 1. The van der Waals surface area contributed by atoms with Crippen molar-refractivity contribution in [2.75, 3.05) is 13.2 Å². The number of hydrogen-bond acceptors (Lipinski definition) is 7. The van der Waals surface area contributed by atoms with Crippen LogP contribution in [0.3, 0.4) is 0 Å². The van der Waals surface area contributed by atoms with Crippen molar-refractivity contribution in [2.45, 2.75) is 0 Å². The van der Waals surface area contributed by atoms with Crippen LogP contribution >= 0.6 is 0 Å². The highest BCUT2D eigenvalue weighted by molar-refractivity contribution is 5.50. The lowest BCUT2D eigenvalue weighted by Gasteiger charge is -2.02. The van der Waals surface area contributed by atoms with E-state index in [4.69, 9.17) is 14.9 Å². The Bertz CT molecular complexity index is 685. The molecule has 0 atom stereocenters. The molecule has 2 aromatic carbocycles. The summed E-state index contributed by atoms with van der Waals surface area (Å²) in [6, 6.07) is 12.6. The molecule has 2 aromatic rings. The monoisotopic (exact) mass is 314 g/mol. The lowest BCUT2D eigenvalue weighted by Crippen LogP contribution is -2.00. The summed E-state index contributed by atoms with van der Waals surface area (Å²) in [5.74, 6) is 0.795. The van der Waals surface area contributed by atoms with Gasteiger partial charge in [-0.3, -0.25) is 0 Å². The number of rotatable bonds is 5. The topological polar surface area (TPSA) is 109 Å². The molecule has 0 saturated heterocycles. The van der Waals surface area contributed by atoms with Gasteiger partial charge in [0.2, 0.25) is 12.2 Å². The highest BCUT2D eigenvalue weighted by Gasteiger charge is 1.92. The third kappa shape index (κ3) is 7.36. The largest absolute Gasteiger partial charge is 0.508 e. The molecule has 2 rings (SSSR count). The Morgan fingerprint density at radius 1 is 0.870 bits per heavy atom. The van der Waals surface area contributed by atoms with E-state index in [1.165, 1.54) is 36.4 Å². The Hall–Kier alpha value is -3.24. The third-order valence-corrected chi connectivity index (χ3v) is 2.40. The second-order valence-corrected chi connectivity index (χ2v) is 3.99. The summed E-state index contributed by atoms with van der Waals surface area (Å²) in [6.07, 6.45) is 2.84. The Labute approximate surface area is 132 Å². The molecule has 0 radical (unpaired) electrons. The van der Waals surface area contributed by atoms with Gasteiger partial charge in [0.05, 0.1) is 18.0 Å². The van der Waals surface area contributed by atoms with Crippen molar-refractivity contribution in [3.05, 3.63) is 48.5 Å². The van der Waals surface area contributed by atoms with E-state index in [-0.39, 0.29) is 19.0 Å². The molecule has 0 saturated carbocycles. The van der Waals surface area contributed by atoms with Crippen molar-refractivity contribution >= 4 is 23.5 Å². The number of phenolic OH excluding ortho intramolecular Hbond substituents is 1. The van der Waals surface area contributed by atoms with Gasteiger partial charge in [-0.05, 0) is 48.5 Å². The maximum absolute atomic E-state index is 9.88. The average Bonchev–Trinajstić information content (AvgIpc) is 2.57. The fourth-order valence-corrected chi connectivity index (χ4v) is 1.41. The fraction of sp³-hybridized carbons (Fsp3) is 0.125. The number of carbonyl (C=O) groups excluding carboxylic acids is 2. The molecule has 23 heavy (non-hydrogen) atoms. The predicted molar refractivity (Wildman–Crippen MR) is 82.7 cm³/mol. The molecule has 118 valence electrons. The van der Waals surface area contributed by atoms with Gasteiger partial charge in [0, 0.05) is 0 Å². The van der Waals surface area contributed by atoms with Gasteiger partial charge >= 0.3 is 0 Å². The van der Waals surface area contributed by atoms with Crippen LogP contribution < -0.4 is 4.74 Å². The highest BCUT2D eigenvalue weighted by Crippen LogP contribution is 2.17. The van der Waals surface area contributed by atoms with Crippen LogP contribution in [0, 0.1) is 0 Å². The molecule has 0 heterocycles. The quantitative estimate of drug-likeness (QED) is 0.650. The lowest BCUT2D eigenvalue weighted by atomic mass is 10.3. The summed E-state index contributed by atoms with van der Waals surface area (Å²) < 4.78 is 5.10. The molecule has 0 aliphatic heterocycles. The van der Waals surface area contributed by atoms with Crippen molar-refractivity contribution in [1.82, 2.24) is 0 Å². The van der Waals surface area contributed by atoms with Crippen molar-refractivity contribution in [2.24, 2.45) is 9.98 Å². The molecule has 0 aliphatic carbocycles. The number of nitrogens with zero attached hydrogens (tertiary/aromatic N) is 2. The van der Waals surface area contributed by atoms with E-state index in [1.807, 2.05) is 0 Å². The minimum atomic E-state index is -0.0196. The van der Waals surface area contributed by atoms with Crippen LogP contribution in [0.2, 0.25) is 0 Å². The van der Waals surface area contributed by atoms with Crippen LogP contribution in [0.15, 0.2) is 58.5 Å². The number of aliphatic imine (C=N–C) groups is 2. The molecule has 0 spiro atoms. The fourth-order valence-electron chi connectivity index (χ4n) is 1.41. The molecular weight excluding hydrogens is 300 g/mol. The number of benzene rings is 2. The van der Waals surface area contributed by atoms with E-state index in [9.17, 15) is 9.59 Å². The third-order valence-electron chi connectivity index (χ3n) is 2.40. The Kier molecular flexibility index (Phi) is 8.12. The number of aliphatic hydroxyl groups excluding tert-OH is 1. The first-order valence-corrected chi connectivity index (χ1v) is 6.48. The Morgan fingerprint density at radius 2 is 1.35 bits per heavy atom. The average molecular weight is 314 g/mol. The van der Waals surface area contributed by atoms with Crippen molar-refractivity contribution < 1.29 is 24.5 Å². The van der Waals surface area contributed by atoms with Crippen molar-refractivity contribution in [1.29, 1.82) is 0 Å². The SMILES string of the molecule is O=C=Nc1ccc(O)cc1.O=C=Nc1ccc(OCCO)cc1. The number of phenols is 1. The predicted octanol–water partition coefficient (Wildman–Crippen LogP) is 2.38. The van der Waals surface area contributed by atoms with Crippen LogP contribution in [-0.2, 0) is 9.59 Å². The standard InChI is InChI=1S/C9H9NO3.C7H5NO2/c11-5-6-13-9-3-1-8(2-4-9)10-7-12;9-5-8-6-1-3-7(10)4-2-6/h1-4,11H,5-6H2;1-4,10H. The molecule has 7 heteroatoms. The van der Waals surface area contributed by atoms with Gasteiger partial charge in [0.25, 0.3) is 0 Å². The van der Waals surface area contributed by atoms with E-state index in [2.05, 4.69) is 9.98 Å². The maximum Gasteiger partial charge on any atom is 0.240 e. The van der Waals surface area contributed by atoms with E-state index in [0.717, 1.165) is 0 Å². The van der Waals surface area contributed by atoms with Crippen LogP contribution in [0.25, 0.3) is 0 Å². The lowest BCUT2D eigenvalue weighted by molar-refractivity contribution is 0.201. The number of ether oxygens (including phenoxy) is 1. The van der Waals surface area contributed by atoms with Crippen molar-refractivity contribution in [3.8, 4) is 11.5 Å². The number of aliphatic hydroxyl groups is 1. The summed E-state index contributed by atoms with van der Waals surface area (Å²) >= 11 is 0. The second-order valence-electron chi connectivity index (χ2n) is 3.99. The Balaban J connectivity index is 0.000000238. The van der Waals surface area contributed by atoms with Gasteiger partial charge in [-0.1, -0.05) is 0 Å². The smallest absolute Gasteiger partial charge is 0.240 e. The van der Waals surface area contributed by atoms with Crippen LogP contribution in [-0.4, -0.2) is 35.6 Å². The Morgan fingerprint density at radius 3 is 1.78 bits per heavy atom. The molecule has 0 bridgehead atoms. The normalized spacial score (nSPS) is 8.74. The summed E-state index contributed by atoms with van der Waals surface area (Å²) in [7, 11) is 0. The summed E-state index contributed by atoms with van der Waals surface area (Å²) in [4.78, 5) is 26.3. The summed E-state index contributed by atoms with van der Waals surface area (Å²) in [5, 5.41) is 17.3. The van der Waals surface area contributed by atoms with Crippen LogP contribution in [0.5, 0.6) is 11.5 Å². The molecule has 2 N–H and O–H groups in total. The van der Waals surface area contributed by atoms with Crippen molar-refractivity contribution in [3.63, 3.8) is 0 Å². The second kappa shape index (κ2) is 10.5. The zero-order chi connectivity index (χ0) is 16.9. The highest BCUT2D eigenvalue weighted by atomic mass is 16.5. The van der Waals surface area contributed by atoms with Gasteiger partial charge in [-0.2, -0.15) is 9.98 Å². The first-order chi connectivity index (χ1) is 11.2. The first-order valence-electron chi connectivity index (χ1n) is 6.48. The first kappa shape index (κ1) is 17.8. The summed E-state index contributed by atoms with van der Waals surface area (Å²) in [5.41, 5.74) is 1.03. The number of isocyanates is 2. The molecule has 0 fully saturated rings. The molecule has 0 aliphatic rings. The number of hydrogen-bond donors (Lipinski definition) is 2. The van der Waals surface area contributed by atoms with Gasteiger partial charge in [0.1, 0.15) is 18.1 Å². The van der Waals surface area contributed by atoms with E-state index in [0.29, 0.717) is 17.1 Å². The van der Waals surface area contributed by atoms with Gasteiger partial charge in [0.15, 0.2) is 0 Å². The zero-order valence-corrected chi connectivity index (χ0v) is 12.0. The van der Waals surface area contributed by atoms with Gasteiger partial charge < -0.3 is 14.9 Å². The van der Waals surface area contributed by atoms with Gasteiger partial charge in [-0.25, -0.2) is 9.59 Å². The minimum absolute atomic E-state index is 0.0196. The summed E-state index contributed by atoms with van der Waals surface area (Å²) in [6.45, 7) is 0.241. The van der Waals surface area contributed by atoms with Crippen LogP contribution in [0.4, 0.5) is 11.4 Å². The van der Waals surface area contributed by atoms with E-state index in [1.54, 1.807) is 24.3 Å². The van der Waals surface area contributed by atoms with E-state index < -0.39 is 0 Å². The van der Waals surface area contributed by atoms with Crippen LogP contribution in [0.1, 0.15) is 0 Å². The maximum atomic E-state index is 9.88. The zero-order valence-electron chi connectivity index (χ0n) is 12.0. The van der Waals surface area contributed by atoms with E-state index >= 15 is 0 Å². The minimum Gasteiger partial charge on any atom is -0.508 e.